The minimum Gasteiger partial charge on any atom is -0.318 e. The van der Waals surface area contributed by atoms with Crippen LogP contribution in [0.3, 0.4) is 0 Å². The third-order valence-electron chi connectivity index (χ3n) is 5.02. The lowest BCUT2D eigenvalue weighted by molar-refractivity contribution is 0.839. The number of benzene rings is 1. The van der Waals surface area contributed by atoms with Gasteiger partial charge in [-0.05, 0) is 75.3 Å². The van der Waals surface area contributed by atoms with Gasteiger partial charge in [0.1, 0.15) is 0 Å². The van der Waals surface area contributed by atoms with Gasteiger partial charge in [0.2, 0.25) is 0 Å². The summed E-state index contributed by atoms with van der Waals surface area (Å²) in [5, 5.41) is 0. The molecular formula is C25H31N. The molecule has 0 spiro atoms. The highest BCUT2D eigenvalue weighted by atomic mass is 15.2. The smallest absolute Gasteiger partial charge is 0.0455 e. The van der Waals surface area contributed by atoms with Crippen LogP contribution >= 0.6 is 0 Å². The Morgan fingerprint density at radius 2 is 1.85 bits per heavy atom. The van der Waals surface area contributed by atoms with Crippen molar-refractivity contribution in [2.75, 3.05) is 4.90 Å². The second kappa shape index (κ2) is 9.43. The summed E-state index contributed by atoms with van der Waals surface area (Å²) in [7, 11) is 0. The number of hydrogen-bond donors (Lipinski definition) is 0. The number of allylic oxidation sites excluding steroid dienone is 9. The van der Waals surface area contributed by atoms with E-state index >= 15 is 0 Å². The molecule has 2 aliphatic carbocycles. The lowest BCUT2D eigenvalue weighted by Crippen LogP contribution is -2.22. The molecule has 0 atom stereocenters. The average molecular weight is 346 g/mol. The van der Waals surface area contributed by atoms with Gasteiger partial charge in [0.15, 0.2) is 0 Å². The Labute approximate surface area is 159 Å². The van der Waals surface area contributed by atoms with Crippen LogP contribution < -0.4 is 4.90 Å². The molecule has 0 unspecified atom stereocenters. The summed E-state index contributed by atoms with van der Waals surface area (Å²) in [5.74, 6) is 0. The molecule has 1 aromatic rings. The summed E-state index contributed by atoms with van der Waals surface area (Å²) in [5.41, 5.74) is 6.95. The second-order valence-corrected chi connectivity index (χ2v) is 7.25. The number of nitrogens with zero attached hydrogens (tertiary/aromatic N) is 1. The Morgan fingerprint density at radius 1 is 1.00 bits per heavy atom. The molecule has 0 saturated heterocycles. The van der Waals surface area contributed by atoms with Crippen molar-refractivity contribution in [2.45, 2.75) is 58.8 Å². The van der Waals surface area contributed by atoms with Gasteiger partial charge < -0.3 is 4.90 Å². The molecule has 0 radical (unpaired) electrons. The van der Waals surface area contributed by atoms with Crippen LogP contribution in [0.5, 0.6) is 0 Å². The fourth-order valence-corrected chi connectivity index (χ4v) is 3.61. The molecule has 0 aromatic heterocycles. The van der Waals surface area contributed by atoms with Crippen molar-refractivity contribution < 1.29 is 0 Å². The molecule has 1 aromatic carbocycles. The van der Waals surface area contributed by atoms with E-state index in [0.29, 0.717) is 0 Å². The van der Waals surface area contributed by atoms with E-state index in [1.54, 1.807) is 0 Å². The van der Waals surface area contributed by atoms with Crippen molar-refractivity contribution in [3.05, 3.63) is 89.3 Å². The molecule has 0 aliphatic heterocycles. The fourth-order valence-electron chi connectivity index (χ4n) is 3.61. The average Bonchev–Trinajstić information content (AvgIpc) is 3.10. The summed E-state index contributed by atoms with van der Waals surface area (Å²) >= 11 is 0. The lowest BCUT2D eigenvalue weighted by atomic mass is 10.0. The molecule has 0 heterocycles. The van der Waals surface area contributed by atoms with Crippen molar-refractivity contribution in [1.29, 1.82) is 0 Å². The predicted octanol–water partition coefficient (Wildman–Crippen LogP) is 7.25. The predicted molar refractivity (Wildman–Crippen MR) is 114 cm³/mol. The highest BCUT2D eigenvalue weighted by molar-refractivity contribution is 5.61. The normalized spacial score (nSPS) is 16.6. The summed E-state index contributed by atoms with van der Waals surface area (Å²) in [6.07, 6.45) is 23.8. The van der Waals surface area contributed by atoms with Gasteiger partial charge in [-0.2, -0.15) is 0 Å². The summed E-state index contributed by atoms with van der Waals surface area (Å²) in [6.45, 7) is 4.41. The Bertz CT molecular complexity index is 741. The molecule has 0 bridgehead atoms. The third kappa shape index (κ3) is 4.88. The zero-order chi connectivity index (χ0) is 18.2. The van der Waals surface area contributed by atoms with E-state index in [0.717, 1.165) is 32.1 Å². The maximum atomic E-state index is 2.46. The third-order valence-corrected chi connectivity index (χ3v) is 5.02. The van der Waals surface area contributed by atoms with Crippen molar-refractivity contribution >= 4 is 5.69 Å². The molecule has 0 N–H and O–H groups in total. The minimum atomic E-state index is 1.05. The van der Waals surface area contributed by atoms with Gasteiger partial charge >= 0.3 is 0 Å². The maximum Gasteiger partial charge on any atom is 0.0455 e. The molecule has 1 heteroatoms. The van der Waals surface area contributed by atoms with Gasteiger partial charge in [0.05, 0.1) is 0 Å². The Kier molecular flexibility index (Phi) is 6.71. The van der Waals surface area contributed by atoms with Gasteiger partial charge in [-0.25, -0.2) is 0 Å². The van der Waals surface area contributed by atoms with E-state index in [4.69, 9.17) is 0 Å². The SMILES string of the molecule is CC/C=C\CCCc1ccc(N(C2=CC=CCC2)C2=CC=C(C)C2)cc1. The zero-order valence-electron chi connectivity index (χ0n) is 16.2. The number of hydrogen-bond acceptors (Lipinski definition) is 1. The first-order valence-electron chi connectivity index (χ1n) is 10.0. The Balaban J connectivity index is 1.71. The molecule has 1 nitrogen and oxygen atoms in total. The molecule has 0 saturated carbocycles. The van der Waals surface area contributed by atoms with E-state index in [1.165, 1.54) is 41.1 Å². The molecular weight excluding hydrogens is 314 g/mol. The van der Waals surface area contributed by atoms with Crippen LogP contribution in [0.4, 0.5) is 5.69 Å². The van der Waals surface area contributed by atoms with Crippen LogP contribution in [-0.4, -0.2) is 0 Å². The van der Waals surface area contributed by atoms with Gasteiger partial charge in [0.25, 0.3) is 0 Å². The number of aryl methyl sites for hydroxylation is 1. The molecule has 136 valence electrons. The largest absolute Gasteiger partial charge is 0.318 e. The standard InChI is InChI=1S/C25H31N/c1-3-4-5-6-8-11-22-15-18-24(19-16-22)26(23-12-9-7-10-13-23)25-17-14-21(2)20-25/h4-5,7,9,12,14-19H,3,6,8,10-11,13,20H2,1-2H3/b5-4-. The fraction of sp³-hybridized carbons (Fsp3) is 0.360. The molecule has 26 heavy (non-hydrogen) atoms. The van der Waals surface area contributed by atoms with Crippen LogP contribution in [-0.2, 0) is 6.42 Å². The van der Waals surface area contributed by atoms with Crippen LogP contribution in [0, 0.1) is 0 Å². The van der Waals surface area contributed by atoms with Crippen molar-refractivity contribution in [3.63, 3.8) is 0 Å². The minimum absolute atomic E-state index is 1.05. The monoisotopic (exact) mass is 345 g/mol. The topological polar surface area (TPSA) is 3.24 Å². The highest BCUT2D eigenvalue weighted by Gasteiger charge is 2.19. The highest BCUT2D eigenvalue weighted by Crippen LogP contribution is 2.33. The lowest BCUT2D eigenvalue weighted by Gasteiger charge is -2.30. The molecule has 0 fully saturated rings. The first-order chi connectivity index (χ1) is 12.8. The number of rotatable bonds is 8. The van der Waals surface area contributed by atoms with Crippen LogP contribution in [0.15, 0.2) is 83.8 Å². The van der Waals surface area contributed by atoms with Crippen molar-refractivity contribution in [1.82, 2.24) is 0 Å². The van der Waals surface area contributed by atoms with E-state index in [-0.39, 0.29) is 0 Å². The number of unbranched alkanes of at least 4 members (excludes halogenated alkanes) is 1. The van der Waals surface area contributed by atoms with Crippen molar-refractivity contribution in [3.8, 4) is 0 Å². The summed E-state index contributed by atoms with van der Waals surface area (Å²) in [4.78, 5) is 2.46. The van der Waals surface area contributed by atoms with Crippen LogP contribution in [0.2, 0.25) is 0 Å². The molecule has 0 amide bonds. The van der Waals surface area contributed by atoms with Crippen LogP contribution in [0.1, 0.15) is 57.9 Å². The maximum absolute atomic E-state index is 2.46. The van der Waals surface area contributed by atoms with Gasteiger partial charge in [-0.15, -0.1) is 0 Å². The first-order valence-corrected chi connectivity index (χ1v) is 10.0. The molecule has 2 aliphatic rings. The van der Waals surface area contributed by atoms with E-state index < -0.39 is 0 Å². The van der Waals surface area contributed by atoms with Gasteiger partial charge in [0, 0.05) is 23.5 Å². The van der Waals surface area contributed by atoms with E-state index in [9.17, 15) is 0 Å². The summed E-state index contributed by atoms with van der Waals surface area (Å²) in [6, 6.07) is 9.21. The first kappa shape index (κ1) is 18.5. The van der Waals surface area contributed by atoms with Crippen LogP contribution in [0.25, 0.3) is 0 Å². The van der Waals surface area contributed by atoms with E-state index in [1.807, 2.05) is 0 Å². The zero-order valence-corrected chi connectivity index (χ0v) is 16.2. The second-order valence-electron chi connectivity index (χ2n) is 7.25. The molecule has 3 rings (SSSR count). The number of anilines is 1. The quantitative estimate of drug-likeness (QED) is 0.354. The Hall–Kier alpha value is -2.28. The van der Waals surface area contributed by atoms with Gasteiger partial charge in [-0.3, -0.25) is 0 Å². The van der Waals surface area contributed by atoms with E-state index in [2.05, 4.69) is 85.5 Å². The summed E-state index contributed by atoms with van der Waals surface area (Å²) < 4.78 is 0. The Morgan fingerprint density at radius 3 is 2.50 bits per heavy atom. The van der Waals surface area contributed by atoms with Gasteiger partial charge in [-0.1, -0.05) is 55.0 Å². The van der Waals surface area contributed by atoms with Crippen molar-refractivity contribution in [2.24, 2.45) is 0 Å².